The molecular formula is C13H21N3OS. The lowest BCUT2D eigenvalue weighted by Gasteiger charge is -2.36. The van der Waals surface area contributed by atoms with Gasteiger partial charge in [-0.15, -0.1) is 11.3 Å². The van der Waals surface area contributed by atoms with Crippen molar-refractivity contribution in [2.45, 2.75) is 51.3 Å². The fraction of sp³-hybridized carbons (Fsp3) is 0.769. The fourth-order valence-corrected chi connectivity index (χ4v) is 3.60. The van der Waals surface area contributed by atoms with Crippen LogP contribution < -0.4 is 10.6 Å². The van der Waals surface area contributed by atoms with Gasteiger partial charge in [0.1, 0.15) is 0 Å². The molecule has 5 heteroatoms. The molecule has 1 saturated carbocycles. The second-order valence-electron chi connectivity index (χ2n) is 5.43. The minimum atomic E-state index is 0.288. The zero-order chi connectivity index (χ0) is 12.7. The lowest BCUT2D eigenvalue weighted by atomic mass is 10.2. The SMILES string of the molecule is CC1CN(c2nc(C3CC3)c(CN)s2)C(C)CO1. The molecule has 1 aliphatic heterocycles. The van der Waals surface area contributed by atoms with Crippen LogP contribution in [0.15, 0.2) is 0 Å². The van der Waals surface area contributed by atoms with E-state index in [0.29, 0.717) is 18.5 Å². The van der Waals surface area contributed by atoms with Gasteiger partial charge in [-0.3, -0.25) is 0 Å². The molecule has 1 aromatic heterocycles. The van der Waals surface area contributed by atoms with Crippen LogP contribution in [0, 0.1) is 0 Å². The van der Waals surface area contributed by atoms with E-state index in [1.165, 1.54) is 23.4 Å². The molecule has 2 fully saturated rings. The predicted molar refractivity (Wildman–Crippen MR) is 74.2 cm³/mol. The summed E-state index contributed by atoms with van der Waals surface area (Å²) in [6, 6.07) is 0.407. The van der Waals surface area contributed by atoms with Crippen molar-refractivity contribution in [3.05, 3.63) is 10.6 Å². The summed E-state index contributed by atoms with van der Waals surface area (Å²) in [7, 11) is 0. The zero-order valence-electron chi connectivity index (χ0n) is 11.1. The largest absolute Gasteiger partial charge is 0.375 e. The van der Waals surface area contributed by atoms with E-state index >= 15 is 0 Å². The number of rotatable bonds is 3. The Hall–Kier alpha value is -0.650. The predicted octanol–water partition coefficient (Wildman–Crippen LogP) is 2.09. The standard InChI is InChI=1S/C13H21N3OS/c1-8-7-17-9(2)6-16(8)13-15-12(10-3-4-10)11(5-14)18-13/h8-10H,3-7,14H2,1-2H3. The summed E-state index contributed by atoms with van der Waals surface area (Å²) in [5, 5.41) is 1.14. The molecule has 0 bridgehead atoms. The van der Waals surface area contributed by atoms with Crippen LogP contribution in [0.3, 0.4) is 0 Å². The summed E-state index contributed by atoms with van der Waals surface area (Å²) >= 11 is 1.77. The molecule has 2 heterocycles. The molecule has 3 rings (SSSR count). The summed E-state index contributed by atoms with van der Waals surface area (Å²) in [4.78, 5) is 8.52. The van der Waals surface area contributed by atoms with Crippen LogP contribution in [0.4, 0.5) is 5.13 Å². The number of anilines is 1. The van der Waals surface area contributed by atoms with E-state index in [1.54, 1.807) is 11.3 Å². The molecule has 0 aromatic carbocycles. The summed E-state index contributed by atoms with van der Waals surface area (Å²) in [5.41, 5.74) is 7.12. The van der Waals surface area contributed by atoms with Gasteiger partial charge in [0.05, 0.1) is 24.4 Å². The monoisotopic (exact) mass is 267 g/mol. The van der Waals surface area contributed by atoms with Gasteiger partial charge in [-0.2, -0.15) is 0 Å². The number of hydrogen-bond donors (Lipinski definition) is 1. The number of nitrogens with zero attached hydrogens (tertiary/aromatic N) is 2. The molecule has 2 unspecified atom stereocenters. The number of thiazole rings is 1. The van der Waals surface area contributed by atoms with E-state index in [0.717, 1.165) is 18.3 Å². The first-order chi connectivity index (χ1) is 8.69. The molecule has 1 aliphatic carbocycles. The molecule has 2 N–H and O–H groups in total. The zero-order valence-corrected chi connectivity index (χ0v) is 11.9. The first kappa shape index (κ1) is 12.4. The third-order valence-electron chi connectivity index (χ3n) is 3.72. The number of nitrogens with two attached hydrogens (primary N) is 1. The van der Waals surface area contributed by atoms with Crippen molar-refractivity contribution in [2.75, 3.05) is 18.1 Å². The molecule has 100 valence electrons. The molecule has 0 amide bonds. The number of aromatic nitrogens is 1. The molecule has 1 saturated heterocycles. The van der Waals surface area contributed by atoms with Crippen molar-refractivity contribution < 1.29 is 4.74 Å². The van der Waals surface area contributed by atoms with Crippen molar-refractivity contribution in [1.82, 2.24) is 4.98 Å². The summed E-state index contributed by atoms with van der Waals surface area (Å²) in [6.07, 6.45) is 2.85. The second kappa shape index (κ2) is 4.79. The van der Waals surface area contributed by atoms with E-state index in [2.05, 4.69) is 18.7 Å². The van der Waals surface area contributed by atoms with Crippen LogP contribution in [0.1, 0.15) is 43.2 Å². The Balaban J connectivity index is 1.86. The maximum absolute atomic E-state index is 5.85. The molecule has 0 radical (unpaired) electrons. The van der Waals surface area contributed by atoms with Gasteiger partial charge in [0.15, 0.2) is 5.13 Å². The van der Waals surface area contributed by atoms with Crippen molar-refractivity contribution >= 4 is 16.5 Å². The summed E-state index contributed by atoms with van der Waals surface area (Å²) in [6.45, 7) is 6.67. The minimum Gasteiger partial charge on any atom is -0.375 e. The van der Waals surface area contributed by atoms with Crippen LogP contribution in [-0.2, 0) is 11.3 Å². The third-order valence-corrected chi connectivity index (χ3v) is 4.85. The van der Waals surface area contributed by atoms with Gasteiger partial charge in [-0.05, 0) is 26.7 Å². The summed E-state index contributed by atoms with van der Waals surface area (Å²) in [5.74, 6) is 0.683. The second-order valence-corrected chi connectivity index (χ2v) is 6.49. The topological polar surface area (TPSA) is 51.4 Å². The van der Waals surface area contributed by atoms with Crippen LogP contribution in [-0.4, -0.2) is 30.3 Å². The van der Waals surface area contributed by atoms with Crippen molar-refractivity contribution in [3.8, 4) is 0 Å². The number of hydrogen-bond acceptors (Lipinski definition) is 5. The maximum Gasteiger partial charge on any atom is 0.186 e. The molecule has 4 nitrogen and oxygen atoms in total. The van der Waals surface area contributed by atoms with E-state index in [4.69, 9.17) is 15.5 Å². The van der Waals surface area contributed by atoms with Gasteiger partial charge in [-0.1, -0.05) is 0 Å². The van der Waals surface area contributed by atoms with E-state index in [-0.39, 0.29) is 6.10 Å². The Labute approximate surface area is 112 Å². The Morgan fingerprint density at radius 2 is 2.22 bits per heavy atom. The number of ether oxygens (including phenoxy) is 1. The van der Waals surface area contributed by atoms with Gasteiger partial charge in [-0.25, -0.2) is 4.98 Å². The van der Waals surface area contributed by atoms with Gasteiger partial charge in [0.2, 0.25) is 0 Å². The van der Waals surface area contributed by atoms with Crippen molar-refractivity contribution in [3.63, 3.8) is 0 Å². The van der Waals surface area contributed by atoms with Gasteiger partial charge < -0.3 is 15.4 Å². The average Bonchev–Trinajstić information content (AvgIpc) is 3.12. The first-order valence-electron chi connectivity index (χ1n) is 6.77. The van der Waals surface area contributed by atoms with Crippen LogP contribution >= 0.6 is 11.3 Å². The normalized spacial score (nSPS) is 28.7. The highest BCUT2D eigenvalue weighted by Crippen LogP contribution is 2.44. The molecule has 2 atom stereocenters. The van der Waals surface area contributed by atoms with E-state index in [9.17, 15) is 0 Å². The van der Waals surface area contributed by atoms with Gasteiger partial charge in [0.25, 0.3) is 0 Å². The minimum absolute atomic E-state index is 0.288. The van der Waals surface area contributed by atoms with E-state index in [1.807, 2.05) is 0 Å². The molecule has 18 heavy (non-hydrogen) atoms. The Morgan fingerprint density at radius 1 is 1.44 bits per heavy atom. The maximum atomic E-state index is 5.85. The van der Waals surface area contributed by atoms with Crippen molar-refractivity contribution in [1.29, 1.82) is 0 Å². The molecule has 0 spiro atoms. The lowest BCUT2D eigenvalue weighted by molar-refractivity contribution is 0.0343. The van der Waals surface area contributed by atoms with E-state index < -0.39 is 0 Å². The molecule has 1 aromatic rings. The highest BCUT2D eigenvalue weighted by Gasteiger charge is 2.32. The van der Waals surface area contributed by atoms with Crippen molar-refractivity contribution in [2.24, 2.45) is 5.73 Å². The quantitative estimate of drug-likeness (QED) is 0.911. The highest BCUT2D eigenvalue weighted by atomic mass is 32.1. The van der Waals surface area contributed by atoms with Crippen LogP contribution in [0.5, 0.6) is 0 Å². The lowest BCUT2D eigenvalue weighted by Crippen LogP contribution is -2.47. The number of morpholine rings is 1. The van der Waals surface area contributed by atoms with Crippen LogP contribution in [0.25, 0.3) is 0 Å². The third kappa shape index (κ3) is 2.27. The summed E-state index contributed by atoms with van der Waals surface area (Å²) < 4.78 is 5.68. The highest BCUT2D eigenvalue weighted by molar-refractivity contribution is 7.15. The molecular weight excluding hydrogens is 246 g/mol. The van der Waals surface area contributed by atoms with Gasteiger partial charge in [0, 0.05) is 23.9 Å². The Kier molecular flexibility index (Phi) is 3.30. The molecule has 2 aliphatic rings. The van der Waals surface area contributed by atoms with Crippen LogP contribution in [0.2, 0.25) is 0 Å². The Bertz CT molecular complexity index is 430. The average molecular weight is 267 g/mol. The van der Waals surface area contributed by atoms with Gasteiger partial charge >= 0.3 is 0 Å². The Morgan fingerprint density at radius 3 is 2.89 bits per heavy atom. The fourth-order valence-electron chi connectivity index (χ4n) is 2.47. The smallest absolute Gasteiger partial charge is 0.186 e. The first-order valence-corrected chi connectivity index (χ1v) is 7.58.